The number of ether oxygens (including phenoxy) is 3. The molecule has 5 aromatic rings. The van der Waals surface area contributed by atoms with Crippen molar-refractivity contribution >= 4 is 129 Å². The number of primary amides is 1. The lowest BCUT2D eigenvalue weighted by atomic mass is 9.83. The molecule has 12 amide bonds. The molecule has 6 rings (SSSR count). The standard InChI is InChI=1S/C98H143N15O24S2/c1-59(2)98(9)96(134)112-86(61(4)115)94(132)109-77(88(100)127)58-139-57-66-19-14-18-65(48-66)56-138-47-35-83(124)110-87(97(6,7)8)95(133)108-76(50-64-25-29-72(118)30-26-64)93(131)107-75(22-10-12-36-99)92(130)111-85(60(3)114)80(121)53-68(51-70-55-105-89-73(70)21-15-38-104-89)78(119)52-67(90(128)106-74(31-34-84(125)126)79(120)54-69(91(129)113-98)49-63-23-27-71(117)28-24-63)20-11-13-37-102-81(122)32-33-82(123)103-40-17-42-136-44-46-137-45-43-135-41-16-39-101-62(5)116/h14-15,18-19,21,23-30,38,48,55,59-61,67-69,74-77,85-87,114-115,117-118H,10-13,16-17,20,22,31-37,39-47,49-54,56-58,99H2,1-9H3,(H2,100,127)(H,101,116)(H,102,122)(H,103,123)(H,104,105)(H,106,128)(H,107,131)(H,108,133)(H,109,132)(H,110,124)(H,111,130)(H,112,134)(H,113,129)(H,125,126)/t60-,61-,67-,68-,69-,74+,75+,76+,77+,85?,86+,87-,98+/m1/s1. The molecule has 13 atom stereocenters. The Morgan fingerprint density at radius 2 is 1.10 bits per heavy atom. The van der Waals surface area contributed by atoms with Crippen molar-refractivity contribution < 1.29 is 116 Å². The van der Waals surface area contributed by atoms with Crippen molar-refractivity contribution in [2.24, 2.45) is 40.6 Å². The molecule has 1 unspecified atom stereocenters. The van der Waals surface area contributed by atoms with Crippen LogP contribution in [0.4, 0.5) is 0 Å². The van der Waals surface area contributed by atoms with E-state index < -0.39 is 210 Å². The van der Waals surface area contributed by atoms with Gasteiger partial charge in [0.05, 0.1) is 44.7 Å². The summed E-state index contributed by atoms with van der Waals surface area (Å²) in [6, 6.07) is 11.3. The number of unbranched alkanes of at least 4 members (excludes halogenated alkanes) is 2. The number of fused-ring (bicyclic) bond motifs is 3. The number of aromatic nitrogens is 2. The molecule has 39 nitrogen and oxygen atoms in total. The first-order chi connectivity index (χ1) is 66.0. The van der Waals surface area contributed by atoms with Gasteiger partial charge in [0, 0.05) is 150 Å². The lowest BCUT2D eigenvalue weighted by molar-refractivity contribution is -0.141. The van der Waals surface area contributed by atoms with Crippen LogP contribution in [0.25, 0.3) is 11.0 Å². The molecule has 3 heterocycles. The van der Waals surface area contributed by atoms with Crippen LogP contribution in [-0.4, -0.2) is 267 Å². The molecular formula is C98H143N15O24S2. The van der Waals surface area contributed by atoms with E-state index in [-0.39, 0.29) is 113 Å². The van der Waals surface area contributed by atoms with Crippen LogP contribution in [0.5, 0.6) is 11.5 Å². The van der Waals surface area contributed by atoms with Crippen molar-refractivity contribution in [3.05, 3.63) is 125 Å². The molecule has 1 aliphatic rings. The van der Waals surface area contributed by atoms with Gasteiger partial charge >= 0.3 is 5.97 Å². The lowest BCUT2D eigenvalue weighted by Crippen LogP contribution is -2.65. The second kappa shape index (κ2) is 60.5. The first kappa shape index (κ1) is 116. The second-order valence-corrected chi connectivity index (χ2v) is 38.8. The quantitative estimate of drug-likeness (QED) is 0.0250. The van der Waals surface area contributed by atoms with Crippen molar-refractivity contribution in [3.8, 4) is 11.5 Å². The number of phenols is 2. The van der Waals surface area contributed by atoms with Gasteiger partial charge in [-0.2, -0.15) is 23.5 Å². The van der Waals surface area contributed by atoms with E-state index in [9.17, 15) is 68.7 Å². The van der Waals surface area contributed by atoms with Gasteiger partial charge in [0.2, 0.25) is 70.9 Å². The number of hydrogen-bond donors (Lipinski definition) is 19. The number of aliphatic hydroxyl groups excluding tert-OH is 2. The van der Waals surface area contributed by atoms with E-state index in [1.807, 2.05) is 24.3 Å². The number of carbonyl (C=O) groups is 16. The zero-order chi connectivity index (χ0) is 102. The summed E-state index contributed by atoms with van der Waals surface area (Å²) in [5.41, 5.74) is 12.2. The first-order valence-electron chi connectivity index (χ1n) is 47.4. The van der Waals surface area contributed by atoms with Gasteiger partial charge in [-0.15, -0.1) is 0 Å². The number of H-pyrrole nitrogens is 1. The number of Topliss-reactive ketones (excluding diaryl/α,β-unsaturated/α-hetero) is 3. The zero-order valence-corrected chi connectivity index (χ0v) is 82.6. The molecule has 0 spiro atoms. The second-order valence-electron chi connectivity index (χ2n) is 36.6. The first-order valence-corrected chi connectivity index (χ1v) is 49.7. The van der Waals surface area contributed by atoms with Crippen LogP contribution in [0.3, 0.4) is 0 Å². The predicted molar refractivity (Wildman–Crippen MR) is 522 cm³/mol. The molecule has 139 heavy (non-hydrogen) atoms. The van der Waals surface area contributed by atoms with Gasteiger partial charge in [-0.1, -0.05) is 89.6 Å². The maximum Gasteiger partial charge on any atom is 0.303 e. The molecule has 2 bridgehead atoms. The molecule has 0 radical (unpaired) electrons. The minimum absolute atomic E-state index is 0.00700. The van der Waals surface area contributed by atoms with Gasteiger partial charge in [-0.05, 0) is 167 Å². The van der Waals surface area contributed by atoms with E-state index in [1.165, 1.54) is 106 Å². The Kier molecular flexibility index (Phi) is 50.6. The van der Waals surface area contributed by atoms with Gasteiger partial charge in [0.25, 0.3) is 0 Å². The van der Waals surface area contributed by atoms with E-state index in [4.69, 9.17) is 25.7 Å². The molecule has 21 N–H and O–H groups in total. The van der Waals surface area contributed by atoms with Crippen LogP contribution in [0.2, 0.25) is 0 Å². The number of aliphatic carboxylic acids is 1. The molecule has 3 aromatic carbocycles. The number of carboxylic acids is 1. The van der Waals surface area contributed by atoms with Crippen LogP contribution in [0.15, 0.2) is 97.3 Å². The summed E-state index contributed by atoms with van der Waals surface area (Å²) < 4.78 is 16.6. The molecule has 0 fully saturated rings. The number of carbonyl (C=O) groups excluding carboxylic acids is 15. The fraction of sp³-hybridized carbons (Fsp3) is 0.582. The minimum Gasteiger partial charge on any atom is -0.508 e. The number of nitrogens with two attached hydrogens (primary N) is 2. The minimum atomic E-state index is -1.99. The van der Waals surface area contributed by atoms with Crippen LogP contribution in [0.1, 0.15) is 193 Å². The fourth-order valence-corrected chi connectivity index (χ4v) is 17.1. The summed E-state index contributed by atoms with van der Waals surface area (Å²) in [6.07, 6.45) is -3.32. The van der Waals surface area contributed by atoms with Crippen LogP contribution < -0.4 is 70.0 Å². The highest BCUT2D eigenvalue weighted by atomic mass is 32.2. The summed E-state index contributed by atoms with van der Waals surface area (Å²) in [6.45, 7) is 16.6. The number of ketones is 3. The van der Waals surface area contributed by atoms with Crippen molar-refractivity contribution in [1.29, 1.82) is 0 Å². The summed E-state index contributed by atoms with van der Waals surface area (Å²) in [4.78, 5) is 236. The fourth-order valence-electron chi connectivity index (χ4n) is 15.2. The molecule has 0 saturated heterocycles. The van der Waals surface area contributed by atoms with Gasteiger partial charge in [-0.3, -0.25) is 76.7 Å². The van der Waals surface area contributed by atoms with Gasteiger partial charge < -0.3 is 115 Å². The molecule has 766 valence electrons. The predicted octanol–water partition coefficient (Wildman–Crippen LogP) is 3.66. The Bertz CT molecular complexity index is 4860. The number of benzene rings is 3. The highest BCUT2D eigenvalue weighted by Crippen LogP contribution is 2.30. The monoisotopic (exact) mass is 1980 g/mol. The number of aromatic amines is 1. The molecule has 0 aliphatic carbocycles. The number of rotatable bonds is 39. The summed E-state index contributed by atoms with van der Waals surface area (Å²) in [7, 11) is 0. The Morgan fingerprint density at radius 1 is 0.547 bits per heavy atom. The lowest BCUT2D eigenvalue weighted by Gasteiger charge is -2.36. The molecule has 2 aromatic heterocycles. The number of phenolic OH excluding ortho intramolecular Hbond substituents is 2. The largest absolute Gasteiger partial charge is 0.508 e. The average Bonchev–Trinajstić information content (AvgIpc) is 1.05. The van der Waals surface area contributed by atoms with Crippen LogP contribution >= 0.6 is 23.5 Å². The van der Waals surface area contributed by atoms with Crippen LogP contribution in [0, 0.1) is 29.1 Å². The third-order valence-corrected chi connectivity index (χ3v) is 25.9. The number of nitrogens with zero attached hydrogens (tertiary/aromatic N) is 1. The molecule has 0 saturated carbocycles. The number of pyridine rings is 1. The number of carboxylic acid groups (broad SMARTS) is 1. The number of aromatic hydroxyl groups is 2. The van der Waals surface area contributed by atoms with Gasteiger partial charge in [0.15, 0.2) is 11.6 Å². The van der Waals surface area contributed by atoms with E-state index in [1.54, 1.807) is 52.9 Å². The number of hydrogen-bond acceptors (Lipinski definition) is 27. The summed E-state index contributed by atoms with van der Waals surface area (Å²) >= 11 is 2.66. The summed E-state index contributed by atoms with van der Waals surface area (Å²) in [5, 5.41) is 84.1. The van der Waals surface area contributed by atoms with E-state index in [0.717, 1.165) is 11.1 Å². The van der Waals surface area contributed by atoms with E-state index >= 15 is 33.6 Å². The maximum absolute atomic E-state index is 15.7. The third kappa shape index (κ3) is 42.2. The van der Waals surface area contributed by atoms with Gasteiger partial charge in [0.1, 0.15) is 64.7 Å². The molecular weight excluding hydrogens is 1840 g/mol. The number of aliphatic hydroxyl groups is 2. The zero-order valence-electron chi connectivity index (χ0n) is 81.0. The normalized spacial score (nSPS) is 21.9. The Labute approximate surface area is 819 Å². The molecule has 41 heteroatoms. The van der Waals surface area contributed by atoms with Gasteiger partial charge in [-0.25, -0.2) is 4.98 Å². The maximum atomic E-state index is 15.7. The Hall–Kier alpha value is -11.5. The number of thioether (sulfide) groups is 2. The third-order valence-electron chi connectivity index (χ3n) is 23.7. The Morgan fingerprint density at radius 3 is 1.68 bits per heavy atom. The van der Waals surface area contributed by atoms with E-state index in [0.29, 0.717) is 110 Å². The highest BCUT2D eigenvalue weighted by molar-refractivity contribution is 7.98. The summed E-state index contributed by atoms with van der Waals surface area (Å²) in [5.74, 6) is -17.5. The van der Waals surface area contributed by atoms with Crippen molar-refractivity contribution in [2.45, 2.75) is 256 Å². The average molecular weight is 1980 g/mol. The SMILES string of the molecule is CC(=O)NCCCOCCOCCOCCCNC(=O)CCC(=O)NCCCC[C@@H]1CC(=O)[C@H](Cc2c[nH]c3ncccc23)CC(=O)C([C@@H](C)O)NC(=O)[C@H](CCCCN)NC(=O)[C@H](Cc2ccc(O)cc2)NC(=O)[C@H](C(C)(C)C)NC(=O)CCSCc2cccc(c2)CSC[C@@H](C(N)=O)NC(=O)[C@H]([C@@H](C)O)NC(=O)[C@](C)(C(C)C)NC(=O)[C@H](Cc2ccc(O)cc2)CC(=O)[C@H](CCC(=O)O)NC1=O. The van der Waals surface area contributed by atoms with Crippen molar-refractivity contribution in [3.63, 3.8) is 0 Å². The van der Waals surface area contributed by atoms with E-state index in [2.05, 4.69) is 68.5 Å². The van der Waals surface area contributed by atoms with Crippen LogP contribution in [-0.2, 0) is 122 Å². The smallest absolute Gasteiger partial charge is 0.303 e. The highest BCUT2D eigenvalue weighted by Gasteiger charge is 2.45. The molecule has 1 aliphatic heterocycles. The number of nitrogens with one attached hydrogen (secondary N) is 12. The van der Waals surface area contributed by atoms with Crippen molar-refractivity contribution in [2.75, 3.05) is 77.3 Å². The topological polar surface area (TPSA) is 615 Å². The Balaban J connectivity index is 1.37. The number of amides is 12. The van der Waals surface area contributed by atoms with Crippen molar-refractivity contribution in [1.82, 2.24) is 68.5 Å².